The highest BCUT2D eigenvalue weighted by Crippen LogP contribution is 2.14. The molecule has 15 heavy (non-hydrogen) atoms. The first kappa shape index (κ1) is 12.2. The lowest BCUT2D eigenvalue weighted by atomic mass is 10.0. The first-order valence-corrected chi connectivity index (χ1v) is 6.18. The quantitative estimate of drug-likeness (QED) is 0.837. The summed E-state index contributed by atoms with van der Waals surface area (Å²) in [6, 6.07) is 9.98. The Morgan fingerprint density at radius 2 is 1.93 bits per heavy atom. The van der Waals surface area contributed by atoms with Crippen molar-refractivity contribution >= 4 is 21.8 Å². The Balaban J connectivity index is 2.61. The maximum absolute atomic E-state index is 11.8. The Labute approximate surface area is 99.2 Å². The van der Waals surface area contributed by atoms with Crippen LogP contribution in [-0.2, 0) is 4.79 Å². The molecule has 0 heterocycles. The first-order chi connectivity index (χ1) is 7.15. The molecule has 1 amide bonds. The van der Waals surface area contributed by atoms with Gasteiger partial charge in [-0.25, -0.2) is 0 Å². The predicted molar refractivity (Wildman–Crippen MR) is 66.3 cm³/mol. The van der Waals surface area contributed by atoms with Crippen LogP contribution in [0.3, 0.4) is 0 Å². The van der Waals surface area contributed by atoms with E-state index in [1.165, 1.54) is 0 Å². The third-order valence-electron chi connectivity index (χ3n) is 2.31. The van der Waals surface area contributed by atoms with Crippen molar-refractivity contribution in [1.82, 2.24) is 5.32 Å². The molecule has 0 aromatic heterocycles. The van der Waals surface area contributed by atoms with Gasteiger partial charge in [0.15, 0.2) is 0 Å². The third kappa shape index (κ3) is 3.67. The van der Waals surface area contributed by atoms with Gasteiger partial charge in [-0.2, -0.15) is 0 Å². The standard InChI is InChI=1S/C12H16BrNO/c1-9(8-13)14-12(15)10(2)11-6-4-3-5-7-11/h3-7,9-10H,8H2,1-2H3,(H,14,15). The summed E-state index contributed by atoms with van der Waals surface area (Å²) < 4.78 is 0. The van der Waals surface area contributed by atoms with Crippen molar-refractivity contribution in [2.45, 2.75) is 25.8 Å². The molecule has 1 aromatic rings. The van der Waals surface area contributed by atoms with Crippen molar-refractivity contribution < 1.29 is 4.79 Å². The van der Waals surface area contributed by atoms with Gasteiger partial charge >= 0.3 is 0 Å². The van der Waals surface area contributed by atoms with Crippen molar-refractivity contribution in [2.75, 3.05) is 5.33 Å². The van der Waals surface area contributed by atoms with Crippen LogP contribution in [0.2, 0.25) is 0 Å². The van der Waals surface area contributed by atoms with Crippen LogP contribution in [0, 0.1) is 0 Å². The maximum Gasteiger partial charge on any atom is 0.227 e. The van der Waals surface area contributed by atoms with Gasteiger partial charge in [-0.05, 0) is 19.4 Å². The molecule has 0 fully saturated rings. The van der Waals surface area contributed by atoms with Crippen LogP contribution in [0.1, 0.15) is 25.3 Å². The van der Waals surface area contributed by atoms with E-state index in [0.717, 1.165) is 10.9 Å². The topological polar surface area (TPSA) is 29.1 Å². The predicted octanol–water partition coefficient (Wildman–Crippen LogP) is 2.69. The molecule has 0 bridgehead atoms. The van der Waals surface area contributed by atoms with Crippen LogP contribution in [0.25, 0.3) is 0 Å². The fraction of sp³-hybridized carbons (Fsp3) is 0.417. The molecule has 1 N–H and O–H groups in total. The highest BCUT2D eigenvalue weighted by atomic mass is 79.9. The van der Waals surface area contributed by atoms with E-state index in [4.69, 9.17) is 0 Å². The molecular formula is C12H16BrNO. The lowest BCUT2D eigenvalue weighted by Gasteiger charge is -2.15. The van der Waals surface area contributed by atoms with E-state index in [0.29, 0.717) is 0 Å². The lowest BCUT2D eigenvalue weighted by molar-refractivity contribution is -0.122. The van der Waals surface area contributed by atoms with E-state index in [1.54, 1.807) is 0 Å². The molecule has 0 radical (unpaired) electrons. The third-order valence-corrected chi connectivity index (χ3v) is 3.28. The number of hydrogen-bond acceptors (Lipinski definition) is 1. The zero-order chi connectivity index (χ0) is 11.3. The van der Waals surface area contributed by atoms with E-state index in [-0.39, 0.29) is 17.9 Å². The van der Waals surface area contributed by atoms with Crippen molar-refractivity contribution in [3.05, 3.63) is 35.9 Å². The van der Waals surface area contributed by atoms with Crippen LogP contribution < -0.4 is 5.32 Å². The molecule has 0 saturated heterocycles. The van der Waals surface area contributed by atoms with Crippen molar-refractivity contribution in [3.63, 3.8) is 0 Å². The van der Waals surface area contributed by atoms with Gasteiger partial charge in [0.1, 0.15) is 0 Å². The summed E-state index contributed by atoms with van der Waals surface area (Å²) in [6.07, 6.45) is 0. The fourth-order valence-corrected chi connectivity index (χ4v) is 1.46. The molecular weight excluding hydrogens is 254 g/mol. The largest absolute Gasteiger partial charge is 0.352 e. The molecule has 2 nitrogen and oxygen atoms in total. The molecule has 0 aliphatic carbocycles. The highest BCUT2D eigenvalue weighted by molar-refractivity contribution is 9.09. The monoisotopic (exact) mass is 269 g/mol. The van der Waals surface area contributed by atoms with Crippen molar-refractivity contribution in [2.24, 2.45) is 0 Å². The Bertz CT molecular complexity index is 313. The van der Waals surface area contributed by atoms with Crippen LogP contribution in [0.4, 0.5) is 0 Å². The summed E-state index contributed by atoms with van der Waals surface area (Å²) in [7, 11) is 0. The smallest absolute Gasteiger partial charge is 0.227 e. The number of benzene rings is 1. The number of carbonyl (C=O) groups is 1. The Kier molecular flexibility index (Phi) is 4.82. The van der Waals surface area contributed by atoms with Gasteiger partial charge in [0, 0.05) is 11.4 Å². The second-order valence-electron chi connectivity index (χ2n) is 3.70. The van der Waals surface area contributed by atoms with Gasteiger partial charge in [-0.3, -0.25) is 4.79 Å². The molecule has 82 valence electrons. The number of halogens is 1. The van der Waals surface area contributed by atoms with Gasteiger partial charge in [0.25, 0.3) is 0 Å². The van der Waals surface area contributed by atoms with Gasteiger partial charge in [0.2, 0.25) is 5.91 Å². The summed E-state index contributed by atoms with van der Waals surface area (Å²) in [5, 5.41) is 3.72. The molecule has 0 aliphatic heterocycles. The van der Waals surface area contributed by atoms with Crippen molar-refractivity contribution in [3.8, 4) is 0 Å². The van der Waals surface area contributed by atoms with E-state index in [2.05, 4.69) is 21.2 Å². The summed E-state index contributed by atoms with van der Waals surface area (Å²) >= 11 is 3.33. The maximum atomic E-state index is 11.8. The minimum Gasteiger partial charge on any atom is -0.352 e. The lowest BCUT2D eigenvalue weighted by Crippen LogP contribution is -2.36. The zero-order valence-corrected chi connectivity index (χ0v) is 10.6. The molecule has 2 unspecified atom stereocenters. The van der Waals surface area contributed by atoms with E-state index >= 15 is 0 Å². The molecule has 0 spiro atoms. The normalized spacial score (nSPS) is 14.3. The summed E-state index contributed by atoms with van der Waals surface area (Å²) in [5.74, 6) is -0.0131. The number of nitrogens with one attached hydrogen (secondary N) is 1. The SMILES string of the molecule is CC(CBr)NC(=O)C(C)c1ccccc1. The first-order valence-electron chi connectivity index (χ1n) is 5.06. The zero-order valence-electron chi connectivity index (χ0n) is 9.03. The van der Waals surface area contributed by atoms with Gasteiger partial charge in [-0.1, -0.05) is 46.3 Å². The summed E-state index contributed by atoms with van der Waals surface area (Å²) in [4.78, 5) is 11.8. The average molecular weight is 270 g/mol. The van der Waals surface area contributed by atoms with Crippen LogP contribution in [0.15, 0.2) is 30.3 Å². The minimum absolute atomic E-state index is 0.0770. The molecule has 1 aromatic carbocycles. The van der Waals surface area contributed by atoms with E-state index in [1.807, 2.05) is 44.2 Å². The van der Waals surface area contributed by atoms with Gasteiger partial charge < -0.3 is 5.32 Å². The summed E-state index contributed by atoms with van der Waals surface area (Å²) in [5.41, 5.74) is 1.05. The Morgan fingerprint density at radius 1 is 1.33 bits per heavy atom. The second kappa shape index (κ2) is 5.91. The molecule has 0 aliphatic rings. The summed E-state index contributed by atoms with van der Waals surface area (Å²) in [6.45, 7) is 3.90. The van der Waals surface area contributed by atoms with Crippen molar-refractivity contribution in [1.29, 1.82) is 0 Å². The Hall–Kier alpha value is -0.830. The number of alkyl halides is 1. The molecule has 1 rings (SSSR count). The highest BCUT2D eigenvalue weighted by Gasteiger charge is 2.15. The number of hydrogen-bond donors (Lipinski definition) is 1. The number of rotatable bonds is 4. The molecule has 0 saturated carbocycles. The molecule has 2 atom stereocenters. The van der Waals surface area contributed by atoms with Crippen LogP contribution >= 0.6 is 15.9 Å². The fourth-order valence-electron chi connectivity index (χ4n) is 1.30. The van der Waals surface area contributed by atoms with Crippen LogP contribution in [-0.4, -0.2) is 17.3 Å². The van der Waals surface area contributed by atoms with Gasteiger partial charge in [0.05, 0.1) is 5.92 Å². The second-order valence-corrected chi connectivity index (χ2v) is 4.34. The average Bonchev–Trinajstić information content (AvgIpc) is 2.29. The number of amides is 1. The van der Waals surface area contributed by atoms with Crippen LogP contribution in [0.5, 0.6) is 0 Å². The van der Waals surface area contributed by atoms with Gasteiger partial charge in [-0.15, -0.1) is 0 Å². The number of carbonyl (C=O) groups excluding carboxylic acids is 1. The Morgan fingerprint density at radius 3 is 2.47 bits per heavy atom. The van der Waals surface area contributed by atoms with E-state index in [9.17, 15) is 4.79 Å². The minimum atomic E-state index is -0.0901. The van der Waals surface area contributed by atoms with E-state index < -0.39 is 0 Å². The molecule has 3 heteroatoms.